The Morgan fingerprint density at radius 3 is 2.50 bits per heavy atom. The Labute approximate surface area is 120 Å². The average molecular weight is 285 g/mol. The number of phenolic OH excluding ortho intramolecular Hbond substituents is 1. The molecule has 1 aromatic heterocycles. The van der Waals surface area contributed by atoms with Crippen molar-refractivity contribution < 1.29 is 5.11 Å². The van der Waals surface area contributed by atoms with Crippen LogP contribution in [0.3, 0.4) is 0 Å². The Morgan fingerprint density at radius 1 is 1.10 bits per heavy atom. The Morgan fingerprint density at radius 2 is 1.80 bits per heavy atom. The topological polar surface area (TPSA) is 63.3 Å². The van der Waals surface area contributed by atoms with Gasteiger partial charge in [-0.3, -0.25) is 4.79 Å². The minimum absolute atomic E-state index is 0.0140. The molecule has 2 aromatic carbocycles. The van der Waals surface area contributed by atoms with Gasteiger partial charge in [-0.15, -0.1) is 11.3 Å². The first-order valence-electron chi connectivity index (χ1n) is 6.36. The maximum Gasteiger partial charge on any atom is 0.195 e. The van der Waals surface area contributed by atoms with Crippen LogP contribution in [0.1, 0.15) is 19.4 Å². The zero-order chi connectivity index (χ0) is 14.5. The molecule has 0 saturated heterocycles. The van der Waals surface area contributed by atoms with Gasteiger partial charge in [0.05, 0.1) is 0 Å². The number of fused-ring (bicyclic) bond motifs is 2. The standard InChI is InChI=1S/C16H15NO2S/c1-16(2,17)13-11(18)8-7-10-14(19)9-5-3-4-6-12(9)20-15(10)13/h3-8,18H,17H2,1-2H3. The van der Waals surface area contributed by atoms with E-state index in [4.69, 9.17) is 5.73 Å². The number of benzene rings is 2. The molecule has 0 unspecified atom stereocenters. The Hall–Kier alpha value is -1.91. The van der Waals surface area contributed by atoms with Crippen LogP contribution in [-0.2, 0) is 5.54 Å². The van der Waals surface area contributed by atoms with E-state index in [-0.39, 0.29) is 11.2 Å². The summed E-state index contributed by atoms with van der Waals surface area (Å²) in [5, 5.41) is 11.4. The molecule has 102 valence electrons. The van der Waals surface area contributed by atoms with E-state index in [9.17, 15) is 9.90 Å². The smallest absolute Gasteiger partial charge is 0.195 e. The van der Waals surface area contributed by atoms with E-state index < -0.39 is 5.54 Å². The lowest BCUT2D eigenvalue weighted by Gasteiger charge is -2.22. The van der Waals surface area contributed by atoms with Gasteiger partial charge in [-0.05, 0) is 38.1 Å². The molecule has 0 saturated carbocycles. The van der Waals surface area contributed by atoms with Crippen molar-refractivity contribution in [2.75, 3.05) is 0 Å². The molecule has 0 amide bonds. The predicted molar refractivity (Wildman–Crippen MR) is 84.5 cm³/mol. The van der Waals surface area contributed by atoms with E-state index in [0.29, 0.717) is 16.3 Å². The molecule has 20 heavy (non-hydrogen) atoms. The number of hydrogen-bond acceptors (Lipinski definition) is 4. The zero-order valence-electron chi connectivity index (χ0n) is 11.3. The molecule has 0 atom stereocenters. The minimum atomic E-state index is -0.713. The van der Waals surface area contributed by atoms with E-state index in [2.05, 4.69) is 0 Å². The number of phenols is 1. The third-order valence-corrected chi connectivity index (χ3v) is 4.57. The van der Waals surface area contributed by atoms with E-state index in [1.54, 1.807) is 12.1 Å². The molecule has 3 aromatic rings. The van der Waals surface area contributed by atoms with Crippen molar-refractivity contribution in [3.8, 4) is 5.75 Å². The molecule has 3 nitrogen and oxygen atoms in total. The van der Waals surface area contributed by atoms with Gasteiger partial charge in [-0.25, -0.2) is 0 Å². The van der Waals surface area contributed by atoms with Gasteiger partial charge in [-0.1, -0.05) is 12.1 Å². The van der Waals surface area contributed by atoms with Gasteiger partial charge >= 0.3 is 0 Å². The SMILES string of the molecule is CC(C)(N)c1c(O)ccc2c(=O)c3ccccc3sc12. The molecule has 4 heteroatoms. The van der Waals surface area contributed by atoms with Gasteiger partial charge in [0.1, 0.15) is 5.75 Å². The van der Waals surface area contributed by atoms with Crippen LogP contribution in [0.15, 0.2) is 41.2 Å². The second-order valence-electron chi connectivity index (χ2n) is 5.49. The van der Waals surface area contributed by atoms with Gasteiger partial charge in [0.2, 0.25) is 0 Å². The lowest BCUT2D eigenvalue weighted by atomic mass is 9.93. The Balaban J connectivity index is 2.59. The summed E-state index contributed by atoms with van der Waals surface area (Å²) < 4.78 is 1.67. The van der Waals surface area contributed by atoms with Crippen molar-refractivity contribution in [2.24, 2.45) is 5.73 Å². The van der Waals surface area contributed by atoms with Crippen molar-refractivity contribution in [2.45, 2.75) is 19.4 Å². The minimum Gasteiger partial charge on any atom is -0.508 e. The summed E-state index contributed by atoms with van der Waals surface area (Å²) >= 11 is 1.49. The van der Waals surface area contributed by atoms with Crippen LogP contribution in [0.5, 0.6) is 5.75 Å². The summed E-state index contributed by atoms with van der Waals surface area (Å²) in [4.78, 5) is 12.6. The van der Waals surface area contributed by atoms with Crippen LogP contribution < -0.4 is 11.2 Å². The van der Waals surface area contributed by atoms with Crippen LogP contribution in [-0.4, -0.2) is 5.11 Å². The summed E-state index contributed by atoms with van der Waals surface area (Å²) in [7, 11) is 0. The summed E-state index contributed by atoms with van der Waals surface area (Å²) in [5.41, 5.74) is 6.06. The summed E-state index contributed by atoms with van der Waals surface area (Å²) in [6.45, 7) is 3.65. The molecule has 3 rings (SSSR count). The van der Waals surface area contributed by atoms with E-state index in [1.165, 1.54) is 11.3 Å². The van der Waals surface area contributed by atoms with E-state index in [1.807, 2.05) is 38.1 Å². The summed E-state index contributed by atoms with van der Waals surface area (Å²) in [5.74, 6) is 0.135. The molecule has 0 bridgehead atoms. The maximum absolute atomic E-state index is 12.6. The van der Waals surface area contributed by atoms with Crippen LogP contribution in [0, 0.1) is 0 Å². The van der Waals surface area contributed by atoms with E-state index in [0.717, 1.165) is 9.40 Å². The van der Waals surface area contributed by atoms with Crippen molar-refractivity contribution in [1.29, 1.82) is 0 Å². The molecule has 0 radical (unpaired) electrons. The molecule has 0 aliphatic rings. The van der Waals surface area contributed by atoms with Gasteiger partial charge in [-0.2, -0.15) is 0 Å². The highest BCUT2D eigenvalue weighted by atomic mass is 32.1. The van der Waals surface area contributed by atoms with Crippen LogP contribution in [0.4, 0.5) is 0 Å². The molecule has 0 aliphatic carbocycles. The van der Waals surface area contributed by atoms with Crippen molar-refractivity contribution in [3.63, 3.8) is 0 Å². The lowest BCUT2D eigenvalue weighted by Crippen LogP contribution is -2.29. The second kappa shape index (κ2) is 4.30. The average Bonchev–Trinajstić information content (AvgIpc) is 2.37. The molecule has 0 fully saturated rings. The van der Waals surface area contributed by atoms with Gasteiger partial charge in [0, 0.05) is 31.3 Å². The number of aromatic hydroxyl groups is 1. The van der Waals surface area contributed by atoms with E-state index >= 15 is 0 Å². The second-order valence-corrected chi connectivity index (χ2v) is 6.54. The third-order valence-electron chi connectivity index (χ3n) is 3.37. The normalized spacial score (nSPS) is 12.2. The first kappa shape index (κ1) is 13.1. The van der Waals surface area contributed by atoms with Gasteiger partial charge in [0.15, 0.2) is 5.43 Å². The largest absolute Gasteiger partial charge is 0.508 e. The third kappa shape index (κ3) is 1.88. The summed E-state index contributed by atoms with van der Waals surface area (Å²) in [6.07, 6.45) is 0. The first-order chi connectivity index (χ1) is 9.39. The molecule has 1 heterocycles. The van der Waals surface area contributed by atoms with Crippen molar-refractivity contribution in [1.82, 2.24) is 0 Å². The first-order valence-corrected chi connectivity index (χ1v) is 7.18. The van der Waals surface area contributed by atoms with Crippen LogP contribution >= 0.6 is 11.3 Å². The quantitative estimate of drug-likeness (QED) is 0.674. The molecular formula is C16H15NO2S. The Bertz CT molecular complexity index is 875. The zero-order valence-corrected chi connectivity index (χ0v) is 12.1. The number of nitrogens with two attached hydrogens (primary N) is 1. The monoisotopic (exact) mass is 285 g/mol. The lowest BCUT2D eigenvalue weighted by molar-refractivity contribution is 0.443. The highest BCUT2D eigenvalue weighted by Gasteiger charge is 2.23. The fourth-order valence-electron chi connectivity index (χ4n) is 2.48. The Kier molecular flexibility index (Phi) is 2.81. The number of rotatable bonds is 1. The predicted octanol–water partition coefficient (Wildman–Crippen LogP) is 3.31. The number of hydrogen-bond donors (Lipinski definition) is 2. The van der Waals surface area contributed by atoms with Gasteiger partial charge in [0.25, 0.3) is 0 Å². The molecule has 0 aliphatic heterocycles. The highest BCUT2D eigenvalue weighted by molar-refractivity contribution is 7.24. The fraction of sp³-hybridized carbons (Fsp3) is 0.188. The fourth-order valence-corrected chi connectivity index (χ4v) is 3.86. The van der Waals surface area contributed by atoms with Crippen LogP contribution in [0.25, 0.3) is 20.2 Å². The summed E-state index contributed by atoms with van der Waals surface area (Å²) in [6, 6.07) is 10.7. The molecular weight excluding hydrogens is 270 g/mol. The molecule has 3 N–H and O–H groups in total. The van der Waals surface area contributed by atoms with Gasteiger partial charge < -0.3 is 10.8 Å². The van der Waals surface area contributed by atoms with Crippen molar-refractivity contribution >= 4 is 31.5 Å². The maximum atomic E-state index is 12.6. The highest BCUT2D eigenvalue weighted by Crippen LogP contribution is 2.37. The molecule has 0 spiro atoms. The van der Waals surface area contributed by atoms with Crippen molar-refractivity contribution in [3.05, 3.63) is 52.2 Å². The van der Waals surface area contributed by atoms with Crippen LogP contribution in [0.2, 0.25) is 0 Å².